The molecule has 0 saturated carbocycles. The van der Waals surface area contributed by atoms with Crippen molar-refractivity contribution in [3.63, 3.8) is 0 Å². The molecular weight excluding hydrogens is 349 g/mol. The van der Waals surface area contributed by atoms with Gasteiger partial charge < -0.3 is 4.90 Å². The molecule has 24 heavy (non-hydrogen) atoms. The van der Waals surface area contributed by atoms with Crippen LogP contribution in [0.5, 0.6) is 0 Å². The van der Waals surface area contributed by atoms with E-state index in [4.69, 9.17) is 0 Å². The highest BCUT2D eigenvalue weighted by Crippen LogP contribution is 2.24. The zero-order valence-corrected chi connectivity index (χ0v) is 15.1. The third-order valence-corrected chi connectivity index (χ3v) is 6.41. The molecule has 1 N–H and O–H groups in total. The van der Waals surface area contributed by atoms with Crippen molar-refractivity contribution in [1.82, 2.24) is 9.71 Å². The van der Waals surface area contributed by atoms with Crippen molar-refractivity contribution in [2.45, 2.75) is 31.1 Å². The Balaban J connectivity index is 1.59. The van der Waals surface area contributed by atoms with E-state index >= 15 is 0 Å². The van der Waals surface area contributed by atoms with E-state index in [-0.39, 0.29) is 11.4 Å². The summed E-state index contributed by atoms with van der Waals surface area (Å²) in [6.07, 6.45) is 2.87. The van der Waals surface area contributed by atoms with Crippen LogP contribution in [0.4, 0.5) is 9.52 Å². The van der Waals surface area contributed by atoms with Gasteiger partial charge in [0.05, 0.1) is 5.69 Å². The summed E-state index contributed by atoms with van der Waals surface area (Å²) >= 11 is 1.58. The number of benzene rings is 1. The highest BCUT2D eigenvalue weighted by molar-refractivity contribution is 7.89. The van der Waals surface area contributed by atoms with Crippen LogP contribution < -0.4 is 9.62 Å². The van der Waals surface area contributed by atoms with Gasteiger partial charge in [-0.15, -0.1) is 11.3 Å². The van der Waals surface area contributed by atoms with Gasteiger partial charge in [-0.1, -0.05) is 6.07 Å². The fraction of sp³-hybridized carbons (Fsp3) is 0.438. The van der Waals surface area contributed by atoms with Crippen molar-refractivity contribution in [2.75, 3.05) is 24.5 Å². The third-order valence-electron chi connectivity index (χ3n) is 3.97. The number of aromatic nitrogens is 1. The molecule has 1 aromatic heterocycles. The predicted octanol–water partition coefficient (Wildman–Crippen LogP) is 2.71. The Labute approximate surface area is 145 Å². The lowest BCUT2D eigenvalue weighted by molar-refractivity contribution is 0.556. The second-order valence-corrected chi connectivity index (χ2v) is 8.47. The molecule has 0 atom stereocenters. The molecule has 2 aromatic rings. The molecule has 1 fully saturated rings. The molecule has 8 heteroatoms. The quantitative estimate of drug-likeness (QED) is 0.850. The Morgan fingerprint density at radius 2 is 2.08 bits per heavy atom. The van der Waals surface area contributed by atoms with Crippen LogP contribution in [0.3, 0.4) is 0 Å². The Morgan fingerprint density at radius 1 is 1.33 bits per heavy atom. The van der Waals surface area contributed by atoms with E-state index in [1.54, 1.807) is 24.3 Å². The fourth-order valence-electron chi connectivity index (χ4n) is 2.68. The van der Waals surface area contributed by atoms with Gasteiger partial charge in [-0.2, -0.15) is 0 Å². The van der Waals surface area contributed by atoms with Crippen molar-refractivity contribution in [3.8, 4) is 0 Å². The standard InChI is InChI=1S/C16H20FN3O2S2/c1-12-4-5-15(14(17)10-12)24(21,22)18-7-6-13-11-23-16(19-13)20-8-2-3-9-20/h4-5,10-11,18H,2-3,6-9H2,1H3. The molecule has 5 nitrogen and oxygen atoms in total. The largest absolute Gasteiger partial charge is 0.348 e. The lowest BCUT2D eigenvalue weighted by Crippen LogP contribution is -2.27. The zero-order chi connectivity index (χ0) is 17.2. The molecular formula is C16H20FN3O2S2. The van der Waals surface area contributed by atoms with Crippen molar-refractivity contribution >= 4 is 26.5 Å². The maximum atomic E-state index is 13.8. The van der Waals surface area contributed by atoms with Crippen LogP contribution in [-0.4, -0.2) is 33.0 Å². The number of sulfonamides is 1. The van der Waals surface area contributed by atoms with E-state index in [9.17, 15) is 12.8 Å². The number of anilines is 1. The van der Waals surface area contributed by atoms with E-state index < -0.39 is 15.8 Å². The molecule has 0 radical (unpaired) electrons. The summed E-state index contributed by atoms with van der Waals surface area (Å²) in [5.41, 5.74) is 1.54. The molecule has 0 amide bonds. The zero-order valence-electron chi connectivity index (χ0n) is 13.5. The fourth-order valence-corrected chi connectivity index (χ4v) is 4.68. The minimum atomic E-state index is -3.85. The number of nitrogens with zero attached hydrogens (tertiary/aromatic N) is 2. The number of nitrogens with one attached hydrogen (secondary N) is 1. The average molecular weight is 369 g/mol. The first-order chi connectivity index (χ1) is 11.5. The number of aryl methyl sites for hydroxylation is 1. The molecule has 0 bridgehead atoms. The van der Waals surface area contributed by atoms with Crippen LogP contribution in [-0.2, 0) is 16.4 Å². The van der Waals surface area contributed by atoms with Gasteiger partial charge in [0.25, 0.3) is 0 Å². The number of thiazole rings is 1. The van der Waals surface area contributed by atoms with Crippen LogP contribution in [0.25, 0.3) is 0 Å². The Bertz CT molecular complexity index is 814. The van der Waals surface area contributed by atoms with Gasteiger partial charge >= 0.3 is 0 Å². The topological polar surface area (TPSA) is 62.3 Å². The first-order valence-electron chi connectivity index (χ1n) is 7.91. The maximum absolute atomic E-state index is 13.8. The molecule has 130 valence electrons. The lowest BCUT2D eigenvalue weighted by atomic mass is 10.2. The number of hydrogen-bond acceptors (Lipinski definition) is 5. The first-order valence-corrected chi connectivity index (χ1v) is 10.3. The first kappa shape index (κ1) is 17.3. The van der Waals surface area contributed by atoms with E-state index in [0.29, 0.717) is 12.0 Å². The molecule has 0 aliphatic carbocycles. The van der Waals surface area contributed by atoms with Crippen LogP contribution in [0.15, 0.2) is 28.5 Å². The maximum Gasteiger partial charge on any atom is 0.243 e. The molecule has 1 aromatic carbocycles. The molecule has 1 aliphatic rings. The second kappa shape index (κ2) is 7.16. The number of halogens is 1. The smallest absolute Gasteiger partial charge is 0.243 e. The van der Waals surface area contributed by atoms with Gasteiger partial charge in [0.2, 0.25) is 10.0 Å². The van der Waals surface area contributed by atoms with Crippen molar-refractivity contribution in [1.29, 1.82) is 0 Å². The molecule has 3 rings (SSSR count). The molecule has 2 heterocycles. The summed E-state index contributed by atoms with van der Waals surface area (Å²) in [6, 6.07) is 4.10. The summed E-state index contributed by atoms with van der Waals surface area (Å²) < 4.78 is 40.7. The minimum Gasteiger partial charge on any atom is -0.348 e. The second-order valence-electron chi connectivity index (χ2n) is 5.90. The van der Waals surface area contributed by atoms with E-state index in [1.165, 1.54) is 25.0 Å². The van der Waals surface area contributed by atoms with Crippen LogP contribution in [0.2, 0.25) is 0 Å². The normalized spacial score (nSPS) is 15.2. The van der Waals surface area contributed by atoms with E-state index in [2.05, 4.69) is 14.6 Å². The van der Waals surface area contributed by atoms with Gasteiger partial charge in [0.15, 0.2) is 5.13 Å². The van der Waals surface area contributed by atoms with E-state index in [1.807, 2.05) is 5.38 Å². The Kier molecular flexibility index (Phi) is 5.17. The highest BCUT2D eigenvalue weighted by Gasteiger charge is 2.19. The molecule has 0 spiro atoms. The van der Waals surface area contributed by atoms with Crippen molar-refractivity contribution < 1.29 is 12.8 Å². The molecule has 1 aliphatic heterocycles. The van der Waals surface area contributed by atoms with Gasteiger partial charge in [-0.05, 0) is 37.5 Å². The third kappa shape index (κ3) is 3.93. The Morgan fingerprint density at radius 3 is 2.79 bits per heavy atom. The monoisotopic (exact) mass is 369 g/mol. The summed E-state index contributed by atoms with van der Waals surface area (Å²) in [7, 11) is -3.85. The molecule has 0 unspecified atom stereocenters. The van der Waals surface area contributed by atoms with Crippen LogP contribution in [0.1, 0.15) is 24.1 Å². The lowest BCUT2D eigenvalue weighted by Gasteiger charge is -2.12. The van der Waals surface area contributed by atoms with Gasteiger partial charge in [-0.3, -0.25) is 0 Å². The van der Waals surface area contributed by atoms with E-state index in [0.717, 1.165) is 23.9 Å². The average Bonchev–Trinajstić information content (AvgIpc) is 3.17. The van der Waals surface area contributed by atoms with Gasteiger partial charge in [0.1, 0.15) is 10.7 Å². The van der Waals surface area contributed by atoms with Crippen LogP contribution in [0, 0.1) is 12.7 Å². The molecule has 1 saturated heterocycles. The minimum absolute atomic E-state index is 0.193. The number of hydrogen-bond donors (Lipinski definition) is 1. The summed E-state index contributed by atoms with van der Waals surface area (Å²) in [5, 5.41) is 2.95. The summed E-state index contributed by atoms with van der Waals surface area (Å²) in [5.74, 6) is -0.729. The Hall–Kier alpha value is -1.51. The van der Waals surface area contributed by atoms with Gasteiger partial charge in [-0.25, -0.2) is 22.5 Å². The summed E-state index contributed by atoms with van der Waals surface area (Å²) in [4.78, 5) is 6.48. The SMILES string of the molecule is Cc1ccc(S(=O)(=O)NCCc2csc(N3CCCC3)n2)c(F)c1. The highest BCUT2D eigenvalue weighted by atomic mass is 32.2. The van der Waals surface area contributed by atoms with Crippen molar-refractivity contribution in [3.05, 3.63) is 40.7 Å². The number of rotatable bonds is 6. The van der Waals surface area contributed by atoms with Gasteiger partial charge in [0, 0.05) is 31.4 Å². The predicted molar refractivity (Wildman–Crippen MR) is 93.6 cm³/mol. The summed E-state index contributed by atoms with van der Waals surface area (Å²) in [6.45, 7) is 3.98. The van der Waals surface area contributed by atoms with Crippen molar-refractivity contribution in [2.24, 2.45) is 0 Å². The van der Waals surface area contributed by atoms with Crippen LogP contribution >= 0.6 is 11.3 Å².